The van der Waals surface area contributed by atoms with Gasteiger partial charge in [0.2, 0.25) is 5.91 Å². The van der Waals surface area contributed by atoms with Gasteiger partial charge in [-0.25, -0.2) is 9.18 Å². The summed E-state index contributed by atoms with van der Waals surface area (Å²) in [7, 11) is 0. The van der Waals surface area contributed by atoms with Crippen LogP contribution in [0.1, 0.15) is 31.5 Å². The minimum atomic E-state index is -0.537. The molecule has 1 N–H and O–H groups in total. The van der Waals surface area contributed by atoms with Gasteiger partial charge in [0.05, 0.1) is 10.8 Å². The summed E-state index contributed by atoms with van der Waals surface area (Å²) in [6.45, 7) is 7.56. The maximum absolute atomic E-state index is 13.3. The van der Waals surface area contributed by atoms with E-state index in [2.05, 4.69) is 29.0 Å². The predicted molar refractivity (Wildman–Crippen MR) is 119 cm³/mol. The summed E-state index contributed by atoms with van der Waals surface area (Å²) in [4.78, 5) is 31.5. The summed E-state index contributed by atoms with van der Waals surface area (Å²) in [6, 6.07) is 4.03. The second kappa shape index (κ2) is 10.4. The Bertz CT molecular complexity index is 978. The maximum atomic E-state index is 13.3. The minimum absolute atomic E-state index is 0.0479. The molecular weight excluding hydrogens is 427 g/mol. The molecule has 1 aliphatic rings. The van der Waals surface area contributed by atoms with Crippen LogP contribution < -0.4 is 11.0 Å². The summed E-state index contributed by atoms with van der Waals surface area (Å²) in [6.07, 6.45) is 2.71. The third-order valence-corrected chi connectivity index (χ3v) is 6.59. The number of thioether (sulfide) groups is 1. The molecule has 9 heteroatoms. The van der Waals surface area contributed by atoms with Crippen molar-refractivity contribution >= 4 is 35.0 Å². The molecule has 0 radical (unpaired) electrons. The lowest BCUT2D eigenvalue weighted by Gasteiger charge is -2.20. The number of benzene rings is 1. The fraction of sp³-hybridized carbons (Fsp3) is 0.476. The average Bonchev–Trinajstić information content (AvgIpc) is 3.21. The van der Waals surface area contributed by atoms with Crippen LogP contribution in [0.2, 0.25) is 5.02 Å². The zero-order valence-electron chi connectivity index (χ0n) is 17.2. The molecule has 0 fully saturated rings. The lowest BCUT2D eigenvalue weighted by atomic mass is 10.2. The predicted octanol–water partition coefficient (Wildman–Crippen LogP) is 3.60. The van der Waals surface area contributed by atoms with E-state index < -0.39 is 5.82 Å². The Balaban J connectivity index is 1.68. The number of rotatable bonds is 9. The van der Waals surface area contributed by atoms with Crippen LogP contribution in [-0.2, 0) is 24.2 Å². The number of carbonyl (C=O) groups excluding carboxylic acids is 1. The van der Waals surface area contributed by atoms with Crippen molar-refractivity contribution in [2.45, 2.75) is 44.7 Å². The molecular formula is C21H26ClFN4O2S. The van der Waals surface area contributed by atoms with Crippen molar-refractivity contribution in [1.82, 2.24) is 14.5 Å². The first kappa shape index (κ1) is 22.8. The molecule has 0 saturated carbocycles. The lowest BCUT2D eigenvalue weighted by Crippen LogP contribution is -2.34. The Morgan fingerprint density at radius 2 is 2.10 bits per heavy atom. The van der Waals surface area contributed by atoms with Crippen LogP contribution in [-0.4, -0.2) is 45.7 Å². The van der Waals surface area contributed by atoms with Gasteiger partial charge in [-0.1, -0.05) is 37.2 Å². The molecule has 0 spiro atoms. The molecule has 0 atom stereocenters. The SMILES string of the molecule is CCN(CC)CCn1c2c(c(SCC(=O)Nc3ccc(F)c(Cl)c3)nc1=O)CCC2. The van der Waals surface area contributed by atoms with Crippen molar-refractivity contribution in [2.75, 3.05) is 30.7 Å². The van der Waals surface area contributed by atoms with Gasteiger partial charge >= 0.3 is 5.69 Å². The highest BCUT2D eigenvalue weighted by molar-refractivity contribution is 8.00. The van der Waals surface area contributed by atoms with Gasteiger partial charge in [-0.2, -0.15) is 4.98 Å². The quantitative estimate of drug-likeness (QED) is 0.465. The van der Waals surface area contributed by atoms with Crippen molar-refractivity contribution in [1.29, 1.82) is 0 Å². The molecule has 0 aliphatic heterocycles. The van der Waals surface area contributed by atoms with Crippen LogP contribution >= 0.6 is 23.4 Å². The summed E-state index contributed by atoms with van der Waals surface area (Å²) in [5.74, 6) is -0.690. The molecule has 0 saturated heterocycles. The van der Waals surface area contributed by atoms with Crippen LogP contribution in [0.15, 0.2) is 28.0 Å². The fourth-order valence-electron chi connectivity index (χ4n) is 3.62. The largest absolute Gasteiger partial charge is 0.348 e. The Morgan fingerprint density at radius 1 is 1.33 bits per heavy atom. The standard InChI is InChI=1S/C21H26ClFN4O2S/c1-3-26(4-2)10-11-27-18-7-5-6-15(18)20(25-21(27)29)30-13-19(28)24-14-8-9-17(23)16(22)12-14/h8-9,12H,3-7,10-11,13H2,1-2H3,(H,24,28). The highest BCUT2D eigenvalue weighted by atomic mass is 35.5. The van der Waals surface area contributed by atoms with Crippen molar-refractivity contribution in [3.63, 3.8) is 0 Å². The van der Waals surface area contributed by atoms with Crippen LogP contribution in [0.25, 0.3) is 0 Å². The lowest BCUT2D eigenvalue weighted by molar-refractivity contribution is -0.113. The zero-order chi connectivity index (χ0) is 21.7. The number of fused-ring (bicyclic) bond motifs is 1. The van der Waals surface area contributed by atoms with E-state index in [0.29, 0.717) is 17.3 Å². The number of hydrogen-bond acceptors (Lipinski definition) is 5. The number of anilines is 1. The van der Waals surface area contributed by atoms with Crippen LogP contribution in [0.5, 0.6) is 0 Å². The first-order chi connectivity index (χ1) is 14.4. The van der Waals surface area contributed by atoms with Crippen LogP contribution in [0, 0.1) is 5.82 Å². The summed E-state index contributed by atoms with van der Waals surface area (Å²) >= 11 is 7.01. The number of likely N-dealkylation sites (N-methyl/N-ethyl adjacent to an activating group) is 1. The Hall–Kier alpha value is -1.90. The second-order valence-electron chi connectivity index (χ2n) is 7.12. The van der Waals surface area contributed by atoms with Gasteiger partial charge < -0.3 is 10.2 Å². The van der Waals surface area contributed by atoms with Crippen molar-refractivity contribution in [2.24, 2.45) is 0 Å². The highest BCUT2D eigenvalue weighted by Crippen LogP contribution is 2.29. The molecule has 1 amide bonds. The molecule has 0 bridgehead atoms. The molecule has 3 rings (SSSR count). The molecule has 1 heterocycles. The average molecular weight is 453 g/mol. The Labute approximate surface area is 184 Å². The number of halogens is 2. The van der Waals surface area contributed by atoms with E-state index in [1.165, 1.54) is 30.0 Å². The van der Waals surface area contributed by atoms with Crippen LogP contribution in [0.3, 0.4) is 0 Å². The third kappa shape index (κ3) is 5.42. The summed E-state index contributed by atoms with van der Waals surface area (Å²) in [5.41, 5.74) is 2.31. The molecule has 1 aromatic heterocycles. The van der Waals surface area contributed by atoms with E-state index in [-0.39, 0.29) is 22.4 Å². The van der Waals surface area contributed by atoms with Crippen molar-refractivity contribution < 1.29 is 9.18 Å². The number of amides is 1. The molecule has 1 aromatic carbocycles. The maximum Gasteiger partial charge on any atom is 0.348 e. The number of hydrogen-bond donors (Lipinski definition) is 1. The summed E-state index contributed by atoms with van der Waals surface area (Å²) in [5, 5.41) is 3.28. The molecule has 1 aliphatic carbocycles. The van der Waals surface area contributed by atoms with Gasteiger partial charge in [0.15, 0.2) is 0 Å². The third-order valence-electron chi connectivity index (χ3n) is 5.28. The van der Waals surface area contributed by atoms with E-state index in [4.69, 9.17) is 11.6 Å². The molecule has 162 valence electrons. The zero-order valence-corrected chi connectivity index (χ0v) is 18.8. The van der Waals surface area contributed by atoms with Gasteiger partial charge in [0.25, 0.3) is 0 Å². The van der Waals surface area contributed by atoms with E-state index in [1.54, 1.807) is 4.57 Å². The number of carbonyl (C=O) groups is 1. The van der Waals surface area contributed by atoms with Gasteiger partial charge in [-0.05, 0) is 50.6 Å². The number of nitrogens with zero attached hydrogens (tertiary/aromatic N) is 3. The van der Waals surface area contributed by atoms with E-state index in [1.807, 2.05) is 0 Å². The van der Waals surface area contributed by atoms with E-state index in [9.17, 15) is 14.0 Å². The summed E-state index contributed by atoms with van der Waals surface area (Å²) < 4.78 is 15.0. The van der Waals surface area contributed by atoms with E-state index in [0.717, 1.165) is 50.2 Å². The Morgan fingerprint density at radius 3 is 2.80 bits per heavy atom. The van der Waals surface area contributed by atoms with Crippen molar-refractivity contribution in [3.05, 3.63) is 50.8 Å². The Kier molecular flexibility index (Phi) is 7.91. The molecule has 6 nitrogen and oxygen atoms in total. The fourth-order valence-corrected chi connectivity index (χ4v) is 4.68. The first-order valence-corrected chi connectivity index (χ1v) is 11.5. The second-order valence-corrected chi connectivity index (χ2v) is 8.49. The van der Waals surface area contributed by atoms with Crippen molar-refractivity contribution in [3.8, 4) is 0 Å². The monoisotopic (exact) mass is 452 g/mol. The topological polar surface area (TPSA) is 67.2 Å². The van der Waals surface area contributed by atoms with Gasteiger partial charge in [-0.15, -0.1) is 0 Å². The van der Waals surface area contributed by atoms with E-state index >= 15 is 0 Å². The van der Waals surface area contributed by atoms with Gasteiger partial charge in [-0.3, -0.25) is 9.36 Å². The number of aromatic nitrogens is 2. The van der Waals surface area contributed by atoms with Gasteiger partial charge in [0.1, 0.15) is 10.8 Å². The minimum Gasteiger partial charge on any atom is -0.325 e. The smallest absolute Gasteiger partial charge is 0.325 e. The first-order valence-electron chi connectivity index (χ1n) is 10.2. The molecule has 30 heavy (non-hydrogen) atoms. The highest BCUT2D eigenvalue weighted by Gasteiger charge is 2.22. The normalized spacial score (nSPS) is 13.0. The molecule has 0 unspecified atom stereocenters. The molecule has 2 aromatic rings. The number of nitrogens with one attached hydrogen (secondary N) is 1. The van der Waals surface area contributed by atoms with Gasteiger partial charge in [0, 0.05) is 30.0 Å². The van der Waals surface area contributed by atoms with Crippen LogP contribution in [0.4, 0.5) is 10.1 Å².